The summed E-state index contributed by atoms with van der Waals surface area (Å²) in [6.45, 7) is 13.2. The molecule has 4 heteroatoms. The molecule has 0 radical (unpaired) electrons. The summed E-state index contributed by atoms with van der Waals surface area (Å²) in [7, 11) is 0. The first-order chi connectivity index (χ1) is 8.46. The molecular formula is C14H27N3S. The van der Waals surface area contributed by atoms with Crippen molar-refractivity contribution in [3.8, 4) is 0 Å². The van der Waals surface area contributed by atoms with E-state index in [1.165, 1.54) is 5.82 Å². The van der Waals surface area contributed by atoms with Gasteiger partial charge in [0.25, 0.3) is 0 Å². The van der Waals surface area contributed by atoms with Crippen molar-refractivity contribution >= 4 is 11.8 Å². The number of likely N-dealkylation sites (N-methyl/N-ethyl adjacent to an activating group) is 1. The van der Waals surface area contributed by atoms with Crippen molar-refractivity contribution in [3.05, 3.63) is 18.2 Å². The second-order valence-corrected chi connectivity index (χ2v) is 7.36. The fourth-order valence-electron chi connectivity index (χ4n) is 1.87. The maximum Gasteiger partial charge on any atom is 0.110 e. The minimum atomic E-state index is 0.327. The van der Waals surface area contributed by atoms with E-state index in [9.17, 15) is 0 Å². The summed E-state index contributed by atoms with van der Waals surface area (Å²) in [4.78, 5) is 4.47. The largest absolute Gasteiger partial charge is 0.335 e. The Morgan fingerprint density at radius 1 is 1.39 bits per heavy atom. The Labute approximate surface area is 116 Å². The van der Waals surface area contributed by atoms with Gasteiger partial charge >= 0.3 is 0 Å². The van der Waals surface area contributed by atoms with Gasteiger partial charge in [-0.2, -0.15) is 11.8 Å². The van der Waals surface area contributed by atoms with E-state index in [1.807, 2.05) is 18.0 Å². The topological polar surface area (TPSA) is 29.9 Å². The lowest BCUT2D eigenvalue weighted by Crippen LogP contribution is -2.35. The van der Waals surface area contributed by atoms with Gasteiger partial charge in [-0.3, -0.25) is 0 Å². The van der Waals surface area contributed by atoms with Gasteiger partial charge in [-0.05, 0) is 13.5 Å². The number of hydrogen-bond donors (Lipinski definition) is 1. The predicted molar refractivity (Wildman–Crippen MR) is 81.3 cm³/mol. The molecular weight excluding hydrogens is 242 g/mol. The minimum absolute atomic E-state index is 0.327. The van der Waals surface area contributed by atoms with Crippen LogP contribution in [0.1, 0.15) is 40.4 Å². The van der Waals surface area contributed by atoms with Gasteiger partial charge in [0.05, 0.1) is 0 Å². The SMILES string of the molecule is CCNC(CSC(C)(C)C)Cc1nccn1CC. The van der Waals surface area contributed by atoms with Gasteiger partial charge in [-0.25, -0.2) is 4.98 Å². The molecule has 3 nitrogen and oxygen atoms in total. The molecule has 104 valence electrons. The third-order valence-electron chi connectivity index (χ3n) is 2.78. The molecule has 0 aliphatic rings. The van der Waals surface area contributed by atoms with Crippen molar-refractivity contribution in [1.29, 1.82) is 0 Å². The smallest absolute Gasteiger partial charge is 0.110 e. The maximum absolute atomic E-state index is 4.47. The molecule has 1 aromatic heterocycles. The first-order valence-corrected chi connectivity index (χ1v) is 7.82. The van der Waals surface area contributed by atoms with Crippen molar-refractivity contribution in [1.82, 2.24) is 14.9 Å². The number of imidazole rings is 1. The Hall–Kier alpha value is -0.480. The van der Waals surface area contributed by atoms with E-state index >= 15 is 0 Å². The summed E-state index contributed by atoms with van der Waals surface area (Å²) >= 11 is 2.02. The van der Waals surface area contributed by atoms with E-state index < -0.39 is 0 Å². The van der Waals surface area contributed by atoms with Crippen molar-refractivity contribution in [2.75, 3.05) is 12.3 Å². The quantitative estimate of drug-likeness (QED) is 0.825. The van der Waals surface area contributed by atoms with Crippen LogP contribution in [0.25, 0.3) is 0 Å². The number of hydrogen-bond acceptors (Lipinski definition) is 3. The molecule has 1 heterocycles. The molecule has 18 heavy (non-hydrogen) atoms. The Kier molecular flexibility index (Phi) is 6.22. The zero-order chi connectivity index (χ0) is 13.6. The van der Waals surface area contributed by atoms with Crippen LogP contribution >= 0.6 is 11.8 Å². The number of aryl methyl sites for hydroxylation is 1. The normalized spacial score (nSPS) is 13.8. The summed E-state index contributed by atoms with van der Waals surface area (Å²) < 4.78 is 2.56. The molecule has 0 aromatic carbocycles. The Bertz CT molecular complexity index is 341. The van der Waals surface area contributed by atoms with Crippen LogP contribution in [-0.2, 0) is 13.0 Å². The lowest BCUT2D eigenvalue weighted by atomic mass is 10.2. The highest BCUT2D eigenvalue weighted by Crippen LogP contribution is 2.24. The second kappa shape index (κ2) is 7.19. The van der Waals surface area contributed by atoms with Gasteiger partial charge in [0, 0.05) is 41.9 Å². The van der Waals surface area contributed by atoms with Crippen molar-refractivity contribution in [2.24, 2.45) is 0 Å². The highest BCUT2D eigenvalue weighted by atomic mass is 32.2. The van der Waals surface area contributed by atoms with Crippen LogP contribution in [0.15, 0.2) is 12.4 Å². The molecule has 0 fully saturated rings. The van der Waals surface area contributed by atoms with Crippen LogP contribution in [0.3, 0.4) is 0 Å². The lowest BCUT2D eigenvalue weighted by Gasteiger charge is -2.23. The third-order valence-corrected chi connectivity index (χ3v) is 4.22. The molecule has 1 unspecified atom stereocenters. The third kappa shape index (κ3) is 5.44. The van der Waals surface area contributed by atoms with Gasteiger partial charge < -0.3 is 9.88 Å². The van der Waals surface area contributed by atoms with Crippen LogP contribution < -0.4 is 5.32 Å². The van der Waals surface area contributed by atoms with Crippen molar-refractivity contribution in [2.45, 2.75) is 58.4 Å². The summed E-state index contributed by atoms with van der Waals surface area (Å²) in [6.07, 6.45) is 4.98. The molecule has 1 aromatic rings. The molecule has 1 atom stereocenters. The number of nitrogens with zero attached hydrogens (tertiary/aromatic N) is 2. The fraction of sp³-hybridized carbons (Fsp3) is 0.786. The Morgan fingerprint density at radius 3 is 2.67 bits per heavy atom. The monoisotopic (exact) mass is 269 g/mol. The standard InChI is InChI=1S/C14H27N3S/c1-6-15-12(11-18-14(3,4)5)10-13-16-8-9-17(13)7-2/h8-9,12,15H,6-7,10-11H2,1-5H3. The van der Waals surface area contributed by atoms with Crippen LogP contribution in [0.4, 0.5) is 0 Å². The van der Waals surface area contributed by atoms with E-state index in [0.29, 0.717) is 10.8 Å². The van der Waals surface area contributed by atoms with Gasteiger partial charge in [0.1, 0.15) is 5.82 Å². The molecule has 0 amide bonds. The molecule has 0 saturated heterocycles. The second-order valence-electron chi connectivity index (χ2n) is 5.51. The maximum atomic E-state index is 4.47. The highest BCUT2D eigenvalue weighted by Gasteiger charge is 2.17. The van der Waals surface area contributed by atoms with E-state index in [4.69, 9.17) is 0 Å². The molecule has 0 bridgehead atoms. The summed E-state index contributed by atoms with van der Waals surface area (Å²) in [5.41, 5.74) is 0. The van der Waals surface area contributed by atoms with Crippen molar-refractivity contribution in [3.63, 3.8) is 0 Å². The Balaban J connectivity index is 2.57. The van der Waals surface area contributed by atoms with E-state index in [0.717, 1.165) is 25.3 Å². The molecule has 0 spiro atoms. The fourth-order valence-corrected chi connectivity index (χ4v) is 2.80. The molecule has 1 N–H and O–H groups in total. The summed E-state index contributed by atoms with van der Waals surface area (Å²) in [5.74, 6) is 2.33. The van der Waals surface area contributed by atoms with Crippen LogP contribution in [0.2, 0.25) is 0 Å². The van der Waals surface area contributed by atoms with E-state index in [2.05, 4.69) is 55.7 Å². The average molecular weight is 269 g/mol. The average Bonchev–Trinajstić information content (AvgIpc) is 2.72. The van der Waals surface area contributed by atoms with Crippen LogP contribution in [0, 0.1) is 0 Å². The molecule has 1 rings (SSSR count). The predicted octanol–water partition coefficient (Wildman–Crippen LogP) is 2.96. The van der Waals surface area contributed by atoms with Gasteiger partial charge in [-0.15, -0.1) is 0 Å². The first kappa shape index (κ1) is 15.6. The zero-order valence-corrected chi connectivity index (χ0v) is 13.2. The van der Waals surface area contributed by atoms with Gasteiger partial charge in [0.15, 0.2) is 0 Å². The van der Waals surface area contributed by atoms with Crippen LogP contribution in [0.5, 0.6) is 0 Å². The molecule has 0 aliphatic heterocycles. The zero-order valence-electron chi connectivity index (χ0n) is 12.4. The number of nitrogens with one attached hydrogen (secondary N) is 1. The van der Waals surface area contributed by atoms with E-state index in [-0.39, 0.29) is 0 Å². The number of thioether (sulfide) groups is 1. The Morgan fingerprint density at radius 2 is 2.11 bits per heavy atom. The lowest BCUT2D eigenvalue weighted by molar-refractivity contribution is 0.540. The molecule has 0 aliphatic carbocycles. The molecule has 0 saturated carbocycles. The first-order valence-electron chi connectivity index (χ1n) is 6.83. The number of rotatable bonds is 7. The highest BCUT2D eigenvalue weighted by molar-refractivity contribution is 8.00. The summed E-state index contributed by atoms with van der Waals surface area (Å²) in [6, 6.07) is 0.506. The number of aromatic nitrogens is 2. The van der Waals surface area contributed by atoms with Crippen LogP contribution in [-0.4, -0.2) is 32.6 Å². The summed E-state index contributed by atoms with van der Waals surface area (Å²) in [5, 5.41) is 3.57. The van der Waals surface area contributed by atoms with Crippen molar-refractivity contribution < 1.29 is 0 Å². The van der Waals surface area contributed by atoms with Gasteiger partial charge in [0.2, 0.25) is 0 Å². The minimum Gasteiger partial charge on any atom is -0.335 e. The van der Waals surface area contributed by atoms with E-state index in [1.54, 1.807) is 0 Å². The van der Waals surface area contributed by atoms with Gasteiger partial charge in [-0.1, -0.05) is 27.7 Å².